The Morgan fingerprint density at radius 2 is 2.11 bits per heavy atom. The second-order valence-electron chi connectivity index (χ2n) is 5.97. The van der Waals surface area contributed by atoms with Gasteiger partial charge in [-0.05, 0) is 38.1 Å². The summed E-state index contributed by atoms with van der Waals surface area (Å²) in [5.41, 5.74) is 1.01. The molecule has 2 aromatic heterocycles. The van der Waals surface area contributed by atoms with Gasteiger partial charge in [-0.3, -0.25) is 14.9 Å². The molecule has 3 aromatic rings. The van der Waals surface area contributed by atoms with Crippen LogP contribution in [0.4, 0.5) is 5.69 Å². The van der Waals surface area contributed by atoms with Crippen LogP contribution in [0.3, 0.4) is 0 Å². The molecule has 0 aliphatic rings. The number of carbonyl (C=O) groups excluding carboxylic acids is 1. The molecule has 3 rings (SSSR count). The van der Waals surface area contributed by atoms with Crippen LogP contribution in [0.25, 0.3) is 0 Å². The molecule has 0 bridgehead atoms. The molecule has 0 aliphatic carbocycles. The number of thiazole rings is 1. The third-order valence-corrected chi connectivity index (χ3v) is 5.86. The highest BCUT2D eigenvalue weighted by Gasteiger charge is 2.21. The maximum absolute atomic E-state index is 12.6. The second-order valence-corrected chi connectivity index (χ2v) is 8.12. The van der Waals surface area contributed by atoms with Crippen LogP contribution in [-0.2, 0) is 6.54 Å². The Labute approximate surface area is 164 Å². The summed E-state index contributed by atoms with van der Waals surface area (Å²) in [6.45, 7) is 3.98. The Bertz CT molecular complexity index is 996. The number of nitro benzene ring substituents is 1. The fourth-order valence-corrected chi connectivity index (χ4v) is 4.33. The Hall–Kier alpha value is -2.65. The van der Waals surface area contributed by atoms with Gasteiger partial charge in [0.05, 0.1) is 16.4 Å². The quantitative estimate of drug-likeness (QED) is 0.438. The van der Waals surface area contributed by atoms with E-state index in [4.69, 9.17) is 4.42 Å². The lowest BCUT2D eigenvalue weighted by atomic mass is 10.1. The predicted molar refractivity (Wildman–Crippen MR) is 103 cm³/mol. The van der Waals surface area contributed by atoms with E-state index in [0.29, 0.717) is 10.7 Å². The Morgan fingerprint density at radius 1 is 1.33 bits per heavy atom. The lowest BCUT2D eigenvalue weighted by Gasteiger charge is -2.16. The summed E-state index contributed by atoms with van der Waals surface area (Å²) in [5, 5.41) is 13.4. The van der Waals surface area contributed by atoms with Crippen molar-refractivity contribution in [3.8, 4) is 0 Å². The highest BCUT2D eigenvalue weighted by Crippen LogP contribution is 2.37. The van der Waals surface area contributed by atoms with Gasteiger partial charge in [-0.2, -0.15) is 0 Å². The van der Waals surface area contributed by atoms with Crippen LogP contribution in [0.2, 0.25) is 0 Å². The van der Waals surface area contributed by atoms with Crippen molar-refractivity contribution in [2.75, 3.05) is 7.05 Å². The van der Waals surface area contributed by atoms with Gasteiger partial charge in [-0.15, -0.1) is 11.3 Å². The first-order chi connectivity index (χ1) is 12.8. The zero-order valence-corrected chi connectivity index (χ0v) is 16.6. The first-order valence-electron chi connectivity index (χ1n) is 8.02. The van der Waals surface area contributed by atoms with E-state index in [1.165, 1.54) is 34.1 Å². The van der Waals surface area contributed by atoms with Crippen LogP contribution >= 0.6 is 23.1 Å². The van der Waals surface area contributed by atoms with Crippen molar-refractivity contribution in [1.82, 2.24) is 9.88 Å². The molecular weight excluding hydrogens is 386 g/mol. The minimum atomic E-state index is -0.477. The van der Waals surface area contributed by atoms with Crippen LogP contribution in [0.15, 0.2) is 49.4 Å². The summed E-state index contributed by atoms with van der Waals surface area (Å²) in [4.78, 5) is 29.9. The minimum Gasteiger partial charge on any atom is -0.464 e. The summed E-state index contributed by atoms with van der Waals surface area (Å²) in [5.74, 6) is 1.11. The zero-order chi connectivity index (χ0) is 19.6. The third-order valence-electron chi connectivity index (χ3n) is 3.73. The second kappa shape index (κ2) is 7.93. The van der Waals surface area contributed by atoms with Crippen molar-refractivity contribution in [1.29, 1.82) is 0 Å². The SMILES string of the molecule is Cc1csc(Sc2ccc(C(=O)N(C)Cc3ccc(C)o3)cc2[N+](=O)[O-])n1. The predicted octanol–water partition coefficient (Wildman–Crippen LogP) is 4.68. The molecule has 0 unspecified atom stereocenters. The molecule has 0 spiro atoms. The summed E-state index contributed by atoms with van der Waals surface area (Å²) < 4.78 is 6.20. The first-order valence-corrected chi connectivity index (χ1v) is 9.72. The van der Waals surface area contributed by atoms with E-state index < -0.39 is 4.92 Å². The third kappa shape index (κ3) is 4.55. The molecule has 0 N–H and O–H groups in total. The van der Waals surface area contributed by atoms with Gasteiger partial charge < -0.3 is 9.32 Å². The summed E-state index contributed by atoms with van der Waals surface area (Å²) >= 11 is 2.65. The van der Waals surface area contributed by atoms with Gasteiger partial charge in [0.15, 0.2) is 4.34 Å². The fraction of sp³-hybridized carbons (Fsp3) is 0.222. The first kappa shape index (κ1) is 19.1. The van der Waals surface area contributed by atoms with E-state index in [2.05, 4.69) is 4.98 Å². The van der Waals surface area contributed by atoms with E-state index in [0.717, 1.165) is 15.8 Å². The van der Waals surface area contributed by atoms with Gasteiger partial charge in [-0.1, -0.05) is 11.8 Å². The molecule has 0 fully saturated rings. The van der Waals surface area contributed by atoms with Crippen LogP contribution in [0.5, 0.6) is 0 Å². The van der Waals surface area contributed by atoms with Gasteiger partial charge in [0.2, 0.25) is 0 Å². The number of benzene rings is 1. The summed E-state index contributed by atoms with van der Waals surface area (Å²) in [6, 6.07) is 8.14. The van der Waals surface area contributed by atoms with E-state index in [1.54, 1.807) is 25.2 Å². The molecule has 0 radical (unpaired) electrons. The molecule has 2 heterocycles. The molecule has 0 saturated heterocycles. The molecule has 0 atom stereocenters. The summed E-state index contributed by atoms with van der Waals surface area (Å²) in [6.07, 6.45) is 0. The van der Waals surface area contributed by atoms with E-state index in [9.17, 15) is 14.9 Å². The maximum Gasteiger partial charge on any atom is 0.284 e. The number of rotatable bonds is 6. The van der Waals surface area contributed by atoms with E-state index >= 15 is 0 Å². The smallest absolute Gasteiger partial charge is 0.284 e. The van der Waals surface area contributed by atoms with Crippen molar-refractivity contribution in [3.63, 3.8) is 0 Å². The zero-order valence-electron chi connectivity index (χ0n) is 15.0. The monoisotopic (exact) mass is 403 g/mol. The normalized spacial score (nSPS) is 10.8. The van der Waals surface area contributed by atoms with Gasteiger partial charge in [0, 0.05) is 29.8 Å². The lowest BCUT2D eigenvalue weighted by Crippen LogP contribution is -2.26. The maximum atomic E-state index is 12.6. The average Bonchev–Trinajstić information content (AvgIpc) is 3.22. The van der Waals surface area contributed by atoms with Crippen molar-refractivity contribution in [2.24, 2.45) is 0 Å². The molecule has 1 amide bonds. The lowest BCUT2D eigenvalue weighted by molar-refractivity contribution is -0.387. The van der Waals surface area contributed by atoms with Crippen molar-refractivity contribution < 1.29 is 14.1 Å². The average molecular weight is 403 g/mol. The molecule has 0 saturated carbocycles. The molecule has 9 heteroatoms. The number of nitro groups is 1. The number of amides is 1. The standard InChI is InChI=1S/C18H17N3O4S2/c1-11-10-26-18(19-11)27-16-7-5-13(8-15(16)21(23)24)17(22)20(3)9-14-6-4-12(2)25-14/h4-8,10H,9H2,1-3H3. The van der Waals surface area contributed by atoms with Crippen LogP contribution in [0, 0.1) is 24.0 Å². The van der Waals surface area contributed by atoms with E-state index in [1.807, 2.05) is 25.3 Å². The number of hydrogen-bond donors (Lipinski definition) is 0. The van der Waals surface area contributed by atoms with Crippen LogP contribution in [-0.4, -0.2) is 27.8 Å². The highest BCUT2D eigenvalue weighted by molar-refractivity contribution is 8.01. The van der Waals surface area contributed by atoms with Gasteiger partial charge in [0.1, 0.15) is 11.5 Å². The van der Waals surface area contributed by atoms with Gasteiger partial charge in [-0.25, -0.2) is 4.98 Å². The van der Waals surface area contributed by atoms with Crippen molar-refractivity contribution in [3.05, 3.63) is 68.6 Å². The number of nitrogens with zero attached hydrogens (tertiary/aromatic N) is 3. The van der Waals surface area contributed by atoms with Crippen LogP contribution in [0.1, 0.15) is 27.6 Å². The Kier molecular flexibility index (Phi) is 5.62. The van der Waals surface area contributed by atoms with Crippen molar-refractivity contribution >= 4 is 34.7 Å². The molecule has 7 nitrogen and oxygen atoms in total. The van der Waals surface area contributed by atoms with Gasteiger partial charge in [0.25, 0.3) is 11.6 Å². The molecular formula is C18H17N3O4S2. The molecule has 27 heavy (non-hydrogen) atoms. The molecule has 1 aromatic carbocycles. The fourth-order valence-electron chi connectivity index (χ4n) is 2.45. The number of hydrogen-bond acceptors (Lipinski definition) is 7. The number of carbonyl (C=O) groups is 1. The molecule has 140 valence electrons. The summed E-state index contributed by atoms with van der Waals surface area (Å²) in [7, 11) is 1.63. The number of aryl methyl sites for hydroxylation is 2. The number of furan rings is 1. The van der Waals surface area contributed by atoms with Gasteiger partial charge >= 0.3 is 0 Å². The highest BCUT2D eigenvalue weighted by atomic mass is 32.2. The largest absolute Gasteiger partial charge is 0.464 e. The van der Waals surface area contributed by atoms with E-state index in [-0.39, 0.29) is 23.7 Å². The topological polar surface area (TPSA) is 89.5 Å². The van der Waals surface area contributed by atoms with Crippen molar-refractivity contribution in [2.45, 2.75) is 29.6 Å². The molecule has 0 aliphatic heterocycles. The minimum absolute atomic E-state index is 0.110. The Morgan fingerprint density at radius 3 is 2.70 bits per heavy atom. The number of aromatic nitrogens is 1. The van der Waals surface area contributed by atoms with Crippen LogP contribution < -0.4 is 0 Å². The Balaban J connectivity index is 1.82.